The van der Waals surface area contributed by atoms with Crippen LogP contribution in [0.3, 0.4) is 0 Å². The second kappa shape index (κ2) is 19.4. The summed E-state index contributed by atoms with van der Waals surface area (Å²) < 4.78 is 38.2. The number of methoxy groups -OCH3 is 2. The maximum absolute atomic E-state index is 16.5. The van der Waals surface area contributed by atoms with Crippen molar-refractivity contribution in [1.82, 2.24) is 34.8 Å². The van der Waals surface area contributed by atoms with Crippen LogP contribution in [0.25, 0.3) is 32.9 Å². The highest BCUT2D eigenvalue weighted by Gasteiger charge is 2.40. The van der Waals surface area contributed by atoms with Crippen LogP contribution in [-0.2, 0) is 16.0 Å². The third-order valence-corrected chi connectivity index (χ3v) is 14.6. The number of piperazine rings is 2. The number of anilines is 2. The number of aliphatic carboxylic acids is 1. The third-order valence-electron chi connectivity index (χ3n) is 14.6. The van der Waals surface area contributed by atoms with E-state index in [0.29, 0.717) is 40.4 Å². The maximum atomic E-state index is 16.5. The van der Waals surface area contributed by atoms with Crippen LogP contribution in [0.1, 0.15) is 76.5 Å². The highest BCUT2D eigenvalue weighted by molar-refractivity contribution is 6.01. The van der Waals surface area contributed by atoms with Crippen LogP contribution in [0.2, 0.25) is 0 Å². The van der Waals surface area contributed by atoms with Crippen molar-refractivity contribution >= 4 is 39.3 Å². The summed E-state index contributed by atoms with van der Waals surface area (Å²) in [5.41, 5.74) is 2.18. The van der Waals surface area contributed by atoms with Crippen LogP contribution in [0.5, 0.6) is 11.8 Å². The quantitative estimate of drug-likeness (QED) is 0.120. The van der Waals surface area contributed by atoms with Crippen LogP contribution in [0.4, 0.5) is 16.0 Å². The van der Waals surface area contributed by atoms with E-state index in [4.69, 9.17) is 18.7 Å². The summed E-state index contributed by atoms with van der Waals surface area (Å²) in [7, 11) is 5.26. The first-order valence-corrected chi connectivity index (χ1v) is 23.5. The van der Waals surface area contributed by atoms with E-state index in [1.807, 2.05) is 44.2 Å². The molecule has 2 aromatic carbocycles. The number of halogens is 1. The molecule has 5 fully saturated rings. The summed E-state index contributed by atoms with van der Waals surface area (Å²) in [6.07, 6.45) is 10.3. The molecule has 5 unspecified atom stereocenters. The Balaban J connectivity index is 0.000000174. The monoisotopic (exact) mass is 893 g/mol. The van der Waals surface area contributed by atoms with Gasteiger partial charge >= 0.3 is 12.0 Å². The molecule has 2 bridgehead atoms. The van der Waals surface area contributed by atoms with E-state index >= 15 is 4.39 Å². The number of carboxylic acids is 1. The normalized spacial score (nSPS) is 23.0. The van der Waals surface area contributed by atoms with Gasteiger partial charge in [0.15, 0.2) is 24.2 Å². The Labute approximate surface area is 380 Å². The maximum Gasteiger partial charge on any atom is 0.318 e. The summed E-state index contributed by atoms with van der Waals surface area (Å²) in [6.45, 7) is 14.0. The van der Waals surface area contributed by atoms with Crippen molar-refractivity contribution in [2.24, 2.45) is 5.92 Å². The zero-order valence-electron chi connectivity index (χ0n) is 38.7. The number of pyridine rings is 1. The number of hydrogen-bond acceptors (Lipinski definition) is 14. The second-order valence-corrected chi connectivity index (χ2v) is 18.8. The Kier molecular flexibility index (Phi) is 13.4. The molecule has 1 N–H and O–H groups in total. The molecular weight excluding hydrogens is 830 g/mol. The minimum absolute atomic E-state index is 0.0269. The Morgan fingerprint density at radius 2 is 1.72 bits per heavy atom. The zero-order valence-corrected chi connectivity index (χ0v) is 38.7. The lowest BCUT2D eigenvalue weighted by molar-refractivity contribution is -0.140. The van der Waals surface area contributed by atoms with Gasteiger partial charge in [-0.2, -0.15) is 9.97 Å². The minimum atomic E-state index is -0.853. The molecule has 0 amide bonds. The number of fused-ring (bicyclic) bond motifs is 5. The number of nitrogens with zero attached hydrogens (tertiary/aromatic N) is 9. The van der Waals surface area contributed by atoms with Gasteiger partial charge in [-0.1, -0.05) is 44.1 Å². The number of rotatable bonds is 13. The Morgan fingerprint density at radius 3 is 2.43 bits per heavy atom. The topological polar surface area (TPSA) is 146 Å². The van der Waals surface area contributed by atoms with Gasteiger partial charge < -0.3 is 33.6 Å². The molecule has 0 saturated carbocycles. The van der Waals surface area contributed by atoms with Crippen molar-refractivity contribution in [1.29, 1.82) is 0 Å². The zero-order chi connectivity index (χ0) is 45.4. The molecular formula is C49H64FN9O6. The molecule has 5 atom stereocenters. The fourth-order valence-electron chi connectivity index (χ4n) is 11.2. The second-order valence-electron chi connectivity index (χ2n) is 18.8. The SMILES string of the molecule is CC(C)C(C(=O)O)c1cc(N2CCN(CC3CCC4CCCN43)CC2)no1.CCc1cccc2cc(OCOC)cc(-c3ncc4c(N5CC6CCC(C5)N6C)nc(OC)nc4c3F)c12. The summed E-state index contributed by atoms with van der Waals surface area (Å²) in [5, 5.41) is 16.1. The van der Waals surface area contributed by atoms with Crippen LogP contribution in [0, 0.1) is 11.7 Å². The van der Waals surface area contributed by atoms with Gasteiger partial charge in [-0.3, -0.25) is 24.5 Å². The minimum Gasteiger partial charge on any atom is -0.481 e. The van der Waals surface area contributed by atoms with Gasteiger partial charge in [0.2, 0.25) is 0 Å². The first kappa shape index (κ1) is 45.0. The van der Waals surface area contributed by atoms with Gasteiger partial charge in [-0.05, 0) is 92.9 Å². The van der Waals surface area contributed by atoms with Gasteiger partial charge in [0, 0.05) is 94.9 Å². The van der Waals surface area contributed by atoms with E-state index in [1.165, 1.54) is 45.9 Å². The molecule has 16 heteroatoms. The molecule has 10 rings (SSSR count). The predicted molar refractivity (Wildman–Crippen MR) is 249 cm³/mol. The third kappa shape index (κ3) is 9.06. The molecule has 5 aromatic rings. The van der Waals surface area contributed by atoms with Crippen molar-refractivity contribution in [3.8, 4) is 23.0 Å². The fourth-order valence-corrected chi connectivity index (χ4v) is 11.2. The summed E-state index contributed by atoms with van der Waals surface area (Å²) in [6, 6.07) is 14.3. The van der Waals surface area contributed by atoms with Crippen LogP contribution < -0.4 is 19.3 Å². The number of aryl methyl sites for hydroxylation is 1. The molecule has 5 saturated heterocycles. The summed E-state index contributed by atoms with van der Waals surface area (Å²) in [4.78, 5) is 37.5. The van der Waals surface area contributed by atoms with Crippen molar-refractivity contribution < 1.29 is 33.0 Å². The standard InChI is InChI=1S/C29H32FN5O3.C20H32N4O3/c1-5-17-7-6-8-18-11-21(38-16-36-3)12-22(24(17)18)26-25(30)27-23(13-31-26)28(33-29(32-27)37-4)35-14-19-9-10-20(15-35)34(19)2;1-14(2)19(20(25)26)17-12-18(21-27-17)23-10-8-22(9-11-23)13-16-6-5-15-4-3-7-24(15)16/h6-8,11-13,19-20H,5,9-10,14-16H2,1-4H3;12,14-16,19H,3-11,13H2,1-2H3,(H,25,26). The lowest BCUT2D eigenvalue weighted by atomic mass is 9.93. The number of aromatic nitrogens is 4. The van der Waals surface area contributed by atoms with E-state index < -0.39 is 17.7 Å². The Morgan fingerprint density at radius 1 is 0.954 bits per heavy atom. The highest BCUT2D eigenvalue weighted by atomic mass is 19.1. The average Bonchev–Trinajstić information content (AvgIpc) is 4.10. The number of carboxylic acid groups (broad SMARTS) is 1. The number of likely N-dealkylation sites (N-methyl/N-ethyl adjacent to an activating group) is 1. The largest absolute Gasteiger partial charge is 0.481 e. The Bertz CT molecular complexity index is 2460. The molecule has 8 heterocycles. The van der Waals surface area contributed by atoms with Crippen LogP contribution >= 0.6 is 0 Å². The van der Waals surface area contributed by atoms with Crippen LogP contribution in [0.15, 0.2) is 47.1 Å². The number of benzene rings is 2. The van der Waals surface area contributed by atoms with Gasteiger partial charge in [-0.25, -0.2) is 4.39 Å². The first-order chi connectivity index (χ1) is 31.5. The van der Waals surface area contributed by atoms with E-state index in [9.17, 15) is 9.90 Å². The van der Waals surface area contributed by atoms with Crippen LogP contribution in [-0.4, -0.2) is 150 Å². The van der Waals surface area contributed by atoms with Crippen molar-refractivity contribution in [3.05, 3.63) is 59.7 Å². The van der Waals surface area contributed by atoms with Gasteiger partial charge in [0.05, 0.1) is 12.5 Å². The lowest BCUT2D eigenvalue weighted by Crippen LogP contribution is -2.52. The smallest absolute Gasteiger partial charge is 0.318 e. The molecule has 0 aliphatic carbocycles. The van der Waals surface area contributed by atoms with E-state index in [2.05, 4.69) is 64.6 Å². The Hall–Kier alpha value is -5.16. The molecule has 3 aromatic heterocycles. The van der Waals surface area contributed by atoms with E-state index in [1.54, 1.807) is 13.3 Å². The molecule has 15 nitrogen and oxygen atoms in total. The van der Waals surface area contributed by atoms with Crippen molar-refractivity contribution in [3.63, 3.8) is 0 Å². The number of carbonyl (C=O) groups is 1. The first-order valence-electron chi connectivity index (χ1n) is 23.5. The molecule has 65 heavy (non-hydrogen) atoms. The summed E-state index contributed by atoms with van der Waals surface area (Å²) in [5.74, 6) is 0.470. The number of ether oxygens (including phenoxy) is 3. The molecule has 0 radical (unpaired) electrons. The highest BCUT2D eigenvalue weighted by Crippen LogP contribution is 2.40. The molecule has 5 aliphatic heterocycles. The van der Waals surface area contributed by atoms with Gasteiger partial charge in [0.1, 0.15) is 28.7 Å². The summed E-state index contributed by atoms with van der Waals surface area (Å²) >= 11 is 0. The average molecular weight is 894 g/mol. The molecule has 348 valence electrons. The van der Waals surface area contributed by atoms with Crippen molar-refractivity contribution in [2.75, 3.05) is 90.2 Å². The van der Waals surface area contributed by atoms with E-state index in [0.717, 1.165) is 92.8 Å². The lowest BCUT2D eigenvalue weighted by Gasteiger charge is -2.39. The van der Waals surface area contributed by atoms with Crippen molar-refractivity contribution in [2.45, 2.75) is 95.8 Å². The molecule has 5 aliphatic rings. The number of hydrogen-bond donors (Lipinski definition) is 1. The van der Waals surface area contributed by atoms with Gasteiger partial charge in [0.25, 0.3) is 0 Å². The predicted octanol–water partition coefficient (Wildman–Crippen LogP) is 7.07. The van der Waals surface area contributed by atoms with E-state index in [-0.39, 0.29) is 29.9 Å². The fraction of sp³-hybridized carbons (Fsp3) is 0.571. The van der Waals surface area contributed by atoms with Gasteiger partial charge in [-0.15, -0.1) is 0 Å². The molecule has 0 spiro atoms.